The van der Waals surface area contributed by atoms with Crippen LogP contribution in [0, 0.1) is 0 Å². The minimum atomic E-state index is -0.138. The molecule has 0 aliphatic carbocycles. The summed E-state index contributed by atoms with van der Waals surface area (Å²) in [7, 11) is 3.32. The Morgan fingerprint density at radius 1 is 1.20 bits per heavy atom. The Morgan fingerprint density at radius 3 is 2.07 bits per heavy atom. The molecule has 0 N–H and O–H groups in total. The topological polar surface area (TPSA) is 20.3 Å². The predicted octanol–water partition coefficient (Wildman–Crippen LogP) is 4.42. The van der Waals surface area contributed by atoms with Gasteiger partial charge in [0, 0.05) is 19.1 Å². The number of benzene rings is 1. The zero-order valence-electron chi connectivity index (χ0n) is 8.05. The normalized spacial score (nSPS) is 10.2. The molecule has 1 rings (SSSR count). The largest absolute Gasteiger partial charge is 0.339 e. The van der Waals surface area contributed by atoms with E-state index in [4.69, 9.17) is 34.8 Å². The molecular formula is C9H8Cl3NOS. The average Bonchev–Trinajstić information content (AvgIpc) is 2.10. The fraction of sp³-hybridized carbons (Fsp3) is 0.222. The molecule has 1 aromatic carbocycles. The Balaban J connectivity index is 3.00. The van der Waals surface area contributed by atoms with Crippen LogP contribution in [0.1, 0.15) is 0 Å². The van der Waals surface area contributed by atoms with Crippen molar-refractivity contribution < 1.29 is 4.79 Å². The van der Waals surface area contributed by atoms with Crippen molar-refractivity contribution in [3.05, 3.63) is 27.2 Å². The van der Waals surface area contributed by atoms with Crippen LogP contribution in [-0.2, 0) is 0 Å². The number of carbonyl (C=O) groups excluding carboxylic acids is 1. The monoisotopic (exact) mass is 283 g/mol. The molecule has 0 atom stereocenters. The summed E-state index contributed by atoms with van der Waals surface area (Å²) in [6.45, 7) is 0. The number of hydrogen-bond donors (Lipinski definition) is 0. The van der Waals surface area contributed by atoms with Crippen molar-refractivity contribution in [1.82, 2.24) is 4.90 Å². The molecule has 82 valence electrons. The molecule has 0 bridgehead atoms. The molecule has 1 amide bonds. The van der Waals surface area contributed by atoms with Gasteiger partial charge in [-0.2, -0.15) is 0 Å². The predicted molar refractivity (Wildman–Crippen MR) is 66.4 cm³/mol. The van der Waals surface area contributed by atoms with E-state index in [9.17, 15) is 4.79 Å². The van der Waals surface area contributed by atoms with Crippen LogP contribution in [-0.4, -0.2) is 24.2 Å². The van der Waals surface area contributed by atoms with E-state index in [0.29, 0.717) is 20.0 Å². The van der Waals surface area contributed by atoms with Gasteiger partial charge in [-0.3, -0.25) is 4.79 Å². The molecule has 0 aromatic heterocycles. The van der Waals surface area contributed by atoms with Gasteiger partial charge in [0.15, 0.2) is 0 Å². The van der Waals surface area contributed by atoms with Gasteiger partial charge in [0.05, 0.1) is 14.9 Å². The lowest BCUT2D eigenvalue weighted by Gasteiger charge is -2.11. The zero-order chi connectivity index (χ0) is 11.6. The van der Waals surface area contributed by atoms with E-state index in [1.54, 1.807) is 26.2 Å². The van der Waals surface area contributed by atoms with E-state index in [0.717, 1.165) is 11.8 Å². The Hall–Kier alpha value is -0.0900. The van der Waals surface area contributed by atoms with E-state index in [-0.39, 0.29) is 5.24 Å². The summed E-state index contributed by atoms with van der Waals surface area (Å²) in [5, 5.41) is 1.08. The summed E-state index contributed by atoms with van der Waals surface area (Å²) >= 11 is 18.6. The minimum absolute atomic E-state index is 0.138. The standard InChI is InChI=1S/C9H8Cl3NOS/c1-13(2)9(14)15-8-6(11)3-5(10)4-7(8)12/h3-4H,1-2H3. The van der Waals surface area contributed by atoms with Gasteiger partial charge >= 0.3 is 0 Å². The molecule has 0 heterocycles. The summed E-state index contributed by atoms with van der Waals surface area (Å²) in [6.07, 6.45) is 0. The lowest BCUT2D eigenvalue weighted by atomic mass is 10.4. The highest BCUT2D eigenvalue weighted by Gasteiger charge is 2.14. The first-order valence-corrected chi connectivity index (χ1v) is 5.90. The van der Waals surface area contributed by atoms with Crippen LogP contribution in [0.2, 0.25) is 15.1 Å². The summed E-state index contributed by atoms with van der Waals surface area (Å²) in [6, 6.07) is 3.11. The van der Waals surface area contributed by atoms with Crippen LogP contribution in [0.4, 0.5) is 4.79 Å². The fourth-order valence-corrected chi connectivity index (χ4v) is 2.52. The summed E-state index contributed by atoms with van der Waals surface area (Å²) in [5.74, 6) is 0. The highest BCUT2D eigenvalue weighted by Crippen LogP contribution is 2.37. The molecule has 0 saturated carbocycles. The number of amides is 1. The van der Waals surface area contributed by atoms with E-state index in [1.807, 2.05) is 0 Å². The second-order valence-corrected chi connectivity index (χ2v) is 5.17. The van der Waals surface area contributed by atoms with E-state index < -0.39 is 0 Å². The van der Waals surface area contributed by atoms with E-state index in [2.05, 4.69) is 0 Å². The molecule has 0 fully saturated rings. The molecule has 0 saturated heterocycles. The van der Waals surface area contributed by atoms with E-state index in [1.165, 1.54) is 4.90 Å². The molecule has 0 spiro atoms. The lowest BCUT2D eigenvalue weighted by molar-refractivity contribution is 0.241. The summed E-state index contributed by atoms with van der Waals surface area (Å²) < 4.78 is 0. The van der Waals surface area contributed by atoms with Crippen LogP contribution >= 0.6 is 46.6 Å². The maximum atomic E-state index is 11.4. The molecule has 2 nitrogen and oxygen atoms in total. The van der Waals surface area contributed by atoms with Gasteiger partial charge in [0.2, 0.25) is 0 Å². The van der Waals surface area contributed by atoms with Gasteiger partial charge in [0.25, 0.3) is 5.24 Å². The highest BCUT2D eigenvalue weighted by atomic mass is 35.5. The van der Waals surface area contributed by atoms with Gasteiger partial charge < -0.3 is 4.90 Å². The van der Waals surface area contributed by atoms with Gasteiger partial charge in [-0.15, -0.1) is 0 Å². The Morgan fingerprint density at radius 2 is 1.67 bits per heavy atom. The van der Waals surface area contributed by atoms with Crippen LogP contribution in [0.15, 0.2) is 17.0 Å². The Bertz CT molecular complexity index is 372. The van der Waals surface area contributed by atoms with E-state index >= 15 is 0 Å². The number of nitrogens with zero attached hydrogens (tertiary/aromatic N) is 1. The molecule has 15 heavy (non-hydrogen) atoms. The van der Waals surface area contributed by atoms with Crippen molar-refractivity contribution in [3.8, 4) is 0 Å². The van der Waals surface area contributed by atoms with Crippen molar-refractivity contribution in [2.75, 3.05) is 14.1 Å². The Labute approximate surface area is 107 Å². The maximum absolute atomic E-state index is 11.4. The van der Waals surface area contributed by atoms with Crippen LogP contribution in [0.25, 0.3) is 0 Å². The lowest BCUT2D eigenvalue weighted by Crippen LogP contribution is -2.16. The molecule has 0 aliphatic rings. The number of hydrogen-bond acceptors (Lipinski definition) is 2. The molecule has 0 unspecified atom stereocenters. The first-order chi connectivity index (χ1) is 6.91. The second-order valence-electron chi connectivity index (χ2n) is 2.96. The van der Waals surface area contributed by atoms with Crippen molar-refractivity contribution in [2.45, 2.75) is 4.90 Å². The first kappa shape index (κ1) is 13.0. The number of thioether (sulfide) groups is 1. The highest BCUT2D eigenvalue weighted by molar-refractivity contribution is 8.13. The van der Waals surface area contributed by atoms with Crippen molar-refractivity contribution in [2.24, 2.45) is 0 Å². The van der Waals surface area contributed by atoms with Crippen LogP contribution in [0.5, 0.6) is 0 Å². The quantitative estimate of drug-likeness (QED) is 0.712. The van der Waals surface area contributed by atoms with Gasteiger partial charge in [-0.1, -0.05) is 34.8 Å². The van der Waals surface area contributed by atoms with Gasteiger partial charge in [-0.05, 0) is 23.9 Å². The van der Waals surface area contributed by atoms with Crippen LogP contribution in [0.3, 0.4) is 0 Å². The third-order valence-electron chi connectivity index (χ3n) is 1.52. The van der Waals surface area contributed by atoms with Gasteiger partial charge in [-0.25, -0.2) is 0 Å². The molecule has 1 aromatic rings. The van der Waals surface area contributed by atoms with Crippen LogP contribution < -0.4 is 0 Å². The number of carbonyl (C=O) groups is 1. The van der Waals surface area contributed by atoms with Gasteiger partial charge in [0.1, 0.15) is 0 Å². The third-order valence-corrected chi connectivity index (χ3v) is 3.74. The summed E-state index contributed by atoms with van der Waals surface area (Å²) in [5.41, 5.74) is 0. The Kier molecular flexibility index (Phi) is 4.59. The zero-order valence-corrected chi connectivity index (χ0v) is 11.1. The van der Waals surface area contributed by atoms with Crippen molar-refractivity contribution >= 4 is 51.8 Å². The minimum Gasteiger partial charge on any atom is -0.339 e. The number of halogens is 3. The number of rotatable bonds is 1. The molecule has 6 heteroatoms. The van der Waals surface area contributed by atoms with Crippen molar-refractivity contribution in [1.29, 1.82) is 0 Å². The molecule has 0 aliphatic heterocycles. The molecular weight excluding hydrogens is 277 g/mol. The molecule has 0 radical (unpaired) electrons. The summed E-state index contributed by atoms with van der Waals surface area (Å²) in [4.78, 5) is 13.4. The third kappa shape index (κ3) is 3.45. The second kappa shape index (κ2) is 5.30. The first-order valence-electron chi connectivity index (χ1n) is 3.95. The fourth-order valence-electron chi connectivity index (χ4n) is 0.805. The van der Waals surface area contributed by atoms with Crippen molar-refractivity contribution in [3.63, 3.8) is 0 Å². The average molecular weight is 285 g/mol. The SMILES string of the molecule is CN(C)C(=O)Sc1c(Cl)cc(Cl)cc1Cl. The smallest absolute Gasteiger partial charge is 0.286 e. The maximum Gasteiger partial charge on any atom is 0.286 e.